The molecule has 0 aliphatic carbocycles. The number of hydrogen-bond acceptors (Lipinski definition) is 2. The molecule has 3 heteroatoms. The molecule has 1 unspecified atom stereocenters. The lowest BCUT2D eigenvalue weighted by atomic mass is 10.0. The summed E-state index contributed by atoms with van der Waals surface area (Å²) in [6, 6.07) is -0.440. The zero-order valence-corrected chi connectivity index (χ0v) is 10.0. The number of hydrogen-bond donors (Lipinski definition) is 2. The van der Waals surface area contributed by atoms with E-state index in [0.29, 0.717) is 0 Å². The molecule has 0 radical (unpaired) electrons. The van der Waals surface area contributed by atoms with Gasteiger partial charge >= 0.3 is 0 Å². The third kappa shape index (κ3) is 9.73. The average molecular weight is 214 g/mol. The maximum absolute atomic E-state index is 10.6. The monoisotopic (exact) mass is 214 g/mol. The first kappa shape index (κ1) is 14.4. The van der Waals surface area contributed by atoms with Crippen LogP contribution in [0.3, 0.4) is 0 Å². The van der Waals surface area contributed by atoms with Crippen LogP contribution in [-0.4, -0.2) is 11.9 Å². The summed E-state index contributed by atoms with van der Waals surface area (Å²) >= 11 is 0. The number of primary amides is 1. The van der Waals surface area contributed by atoms with Crippen LogP contribution < -0.4 is 11.5 Å². The van der Waals surface area contributed by atoms with Crippen LogP contribution in [0.2, 0.25) is 0 Å². The molecule has 4 N–H and O–H groups in total. The molecule has 1 amide bonds. The van der Waals surface area contributed by atoms with Gasteiger partial charge in [0, 0.05) is 0 Å². The molecule has 90 valence electrons. The Labute approximate surface area is 93.6 Å². The van der Waals surface area contributed by atoms with Gasteiger partial charge < -0.3 is 11.5 Å². The van der Waals surface area contributed by atoms with Crippen molar-refractivity contribution in [2.75, 3.05) is 0 Å². The summed E-state index contributed by atoms with van der Waals surface area (Å²) in [6.45, 7) is 2.23. The van der Waals surface area contributed by atoms with Crippen LogP contribution in [0.15, 0.2) is 0 Å². The van der Waals surface area contributed by atoms with Crippen LogP contribution >= 0.6 is 0 Å². The van der Waals surface area contributed by atoms with Crippen molar-refractivity contribution in [3.8, 4) is 0 Å². The third-order valence-electron chi connectivity index (χ3n) is 2.73. The Hall–Kier alpha value is -0.570. The van der Waals surface area contributed by atoms with Gasteiger partial charge in [0.05, 0.1) is 6.04 Å². The van der Waals surface area contributed by atoms with E-state index in [1.54, 1.807) is 0 Å². The smallest absolute Gasteiger partial charge is 0.234 e. The van der Waals surface area contributed by atoms with Crippen LogP contribution in [0.25, 0.3) is 0 Å². The number of rotatable bonds is 10. The molecule has 1 atom stereocenters. The third-order valence-corrected chi connectivity index (χ3v) is 2.73. The minimum atomic E-state index is -0.440. The van der Waals surface area contributed by atoms with Crippen molar-refractivity contribution in [3.63, 3.8) is 0 Å². The maximum atomic E-state index is 10.6. The molecular weight excluding hydrogens is 188 g/mol. The van der Waals surface area contributed by atoms with Gasteiger partial charge in [0.2, 0.25) is 5.91 Å². The highest BCUT2D eigenvalue weighted by Gasteiger charge is 2.07. The highest BCUT2D eigenvalue weighted by Crippen LogP contribution is 2.09. The Morgan fingerprint density at radius 1 is 1.00 bits per heavy atom. The zero-order valence-electron chi connectivity index (χ0n) is 10.0. The largest absolute Gasteiger partial charge is 0.368 e. The second-order valence-corrected chi connectivity index (χ2v) is 4.27. The number of nitrogens with two attached hydrogens (primary N) is 2. The lowest BCUT2D eigenvalue weighted by Gasteiger charge is -2.06. The van der Waals surface area contributed by atoms with Crippen LogP contribution in [-0.2, 0) is 4.79 Å². The summed E-state index contributed by atoms with van der Waals surface area (Å²) in [5, 5.41) is 0. The first-order chi connectivity index (χ1) is 7.18. The van der Waals surface area contributed by atoms with Crippen molar-refractivity contribution in [1.29, 1.82) is 0 Å². The van der Waals surface area contributed by atoms with Crippen molar-refractivity contribution in [1.82, 2.24) is 0 Å². The fourth-order valence-corrected chi connectivity index (χ4v) is 1.64. The van der Waals surface area contributed by atoms with Gasteiger partial charge in [-0.3, -0.25) is 4.79 Å². The molecular formula is C12H26N2O. The fourth-order valence-electron chi connectivity index (χ4n) is 1.64. The van der Waals surface area contributed by atoms with Gasteiger partial charge in [0.15, 0.2) is 0 Å². The number of unbranched alkanes of at least 4 members (excludes halogenated alkanes) is 7. The number of carbonyl (C=O) groups excluding carboxylic acids is 1. The zero-order chi connectivity index (χ0) is 11.5. The molecule has 0 heterocycles. The standard InChI is InChI=1S/C12H26N2O/c1-2-3-4-5-6-7-8-9-10-11(13)12(14)15/h11H,2-10,13H2,1H3,(H2,14,15). The van der Waals surface area contributed by atoms with Crippen molar-refractivity contribution < 1.29 is 4.79 Å². The molecule has 15 heavy (non-hydrogen) atoms. The molecule has 0 aliphatic rings. The van der Waals surface area contributed by atoms with E-state index < -0.39 is 6.04 Å². The maximum Gasteiger partial charge on any atom is 0.234 e. The van der Waals surface area contributed by atoms with E-state index in [2.05, 4.69) is 6.92 Å². The lowest BCUT2D eigenvalue weighted by molar-refractivity contribution is -0.119. The van der Waals surface area contributed by atoms with Crippen molar-refractivity contribution in [2.24, 2.45) is 11.5 Å². The Kier molecular flexibility index (Phi) is 9.59. The van der Waals surface area contributed by atoms with Crippen molar-refractivity contribution >= 4 is 5.91 Å². The quantitative estimate of drug-likeness (QED) is 0.548. The summed E-state index contributed by atoms with van der Waals surface area (Å²) in [5.74, 6) is -0.377. The Morgan fingerprint density at radius 3 is 1.93 bits per heavy atom. The van der Waals surface area contributed by atoms with Gasteiger partial charge in [-0.05, 0) is 6.42 Å². The number of carbonyl (C=O) groups is 1. The van der Waals surface area contributed by atoms with Crippen LogP contribution in [0, 0.1) is 0 Å². The molecule has 0 saturated heterocycles. The summed E-state index contributed by atoms with van der Waals surface area (Å²) in [5.41, 5.74) is 10.6. The van der Waals surface area contributed by atoms with Gasteiger partial charge in [-0.15, -0.1) is 0 Å². The van der Waals surface area contributed by atoms with Crippen LogP contribution in [0.4, 0.5) is 0 Å². The summed E-state index contributed by atoms with van der Waals surface area (Å²) in [7, 11) is 0. The van der Waals surface area contributed by atoms with E-state index in [-0.39, 0.29) is 5.91 Å². The minimum absolute atomic E-state index is 0.377. The first-order valence-electron chi connectivity index (χ1n) is 6.23. The lowest BCUT2D eigenvalue weighted by Crippen LogP contribution is -2.36. The molecule has 3 nitrogen and oxygen atoms in total. The van der Waals surface area contributed by atoms with Gasteiger partial charge in [-0.1, -0.05) is 58.3 Å². The molecule has 0 aromatic heterocycles. The normalized spacial score (nSPS) is 12.7. The predicted octanol–water partition coefficient (Wildman–Crippen LogP) is 2.33. The Morgan fingerprint density at radius 2 is 1.47 bits per heavy atom. The van der Waals surface area contributed by atoms with E-state index in [4.69, 9.17) is 11.5 Å². The highest BCUT2D eigenvalue weighted by molar-refractivity contribution is 5.79. The topological polar surface area (TPSA) is 69.1 Å². The van der Waals surface area contributed by atoms with Gasteiger partial charge in [0.1, 0.15) is 0 Å². The van der Waals surface area contributed by atoms with Crippen molar-refractivity contribution in [2.45, 2.75) is 70.8 Å². The van der Waals surface area contributed by atoms with E-state index >= 15 is 0 Å². The molecule has 0 bridgehead atoms. The van der Waals surface area contributed by atoms with Gasteiger partial charge in [0.25, 0.3) is 0 Å². The summed E-state index contributed by atoms with van der Waals surface area (Å²) < 4.78 is 0. The summed E-state index contributed by atoms with van der Waals surface area (Å²) in [6.07, 6.45) is 10.9. The predicted molar refractivity (Wildman–Crippen MR) is 64.4 cm³/mol. The summed E-state index contributed by atoms with van der Waals surface area (Å²) in [4.78, 5) is 10.6. The molecule has 0 fully saturated rings. The molecule has 0 rings (SSSR count). The molecule has 0 spiro atoms. The molecule has 0 aliphatic heterocycles. The highest BCUT2D eigenvalue weighted by atomic mass is 16.1. The second kappa shape index (κ2) is 9.97. The van der Waals surface area contributed by atoms with Crippen molar-refractivity contribution in [3.05, 3.63) is 0 Å². The van der Waals surface area contributed by atoms with Crippen LogP contribution in [0.1, 0.15) is 64.7 Å². The number of amides is 1. The van der Waals surface area contributed by atoms with E-state index in [0.717, 1.165) is 12.8 Å². The molecule has 0 saturated carbocycles. The van der Waals surface area contributed by atoms with E-state index in [1.165, 1.54) is 44.9 Å². The minimum Gasteiger partial charge on any atom is -0.368 e. The fraction of sp³-hybridized carbons (Fsp3) is 0.917. The Bertz CT molecular complexity index is 160. The van der Waals surface area contributed by atoms with Crippen LogP contribution in [0.5, 0.6) is 0 Å². The SMILES string of the molecule is CCCCCCCCCCC(N)C(N)=O. The Balaban J connectivity index is 3.08. The molecule has 0 aromatic rings. The second-order valence-electron chi connectivity index (χ2n) is 4.27. The van der Waals surface area contributed by atoms with E-state index in [1.807, 2.05) is 0 Å². The van der Waals surface area contributed by atoms with E-state index in [9.17, 15) is 4.79 Å². The average Bonchev–Trinajstić information content (AvgIpc) is 2.21. The van der Waals surface area contributed by atoms with Gasteiger partial charge in [-0.25, -0.2) is 0 Å². The molecule has 0 aromatic carbocycles. The first-order valence-corrected chi connectivity index (χ1v) is 6.23. The van der Waals surface area contributed by atoms with Gasteiger partial charge in [-0.2, -0.15) is 0 Å².